The van der Waals surface area contributed by atoms with Crippen LogP contribution in [0, 0.1) is 12.3 Å². The highest BCUT2D eigenvalue weighted by atomic mass is 19.4. The first-order valence-corrected chi connectivity index (χ1v) is 2.67. The smallest absolute Gasteiger partial charge is 0.450 e. The molecule has 1 nitrogen and oxygen atoms in total. The van der Waals surface area contributed by atoms with Crippen LogP contribution in [0.5, 0.6) is 0 Å². The summed E-state index contributed by atoms with van der Waals surface area (Å²) in [6.07, 6.45) is 1.20. The van der Waals surface area contributed by atoms with E-state index in [4.69, 9.17) is 6.42 Å². The van der Waals surface area contributed by atoms with E-state index in [1.54, 1.807) is 0 Å². The minimum atomic E-state index is -4.49. The van der Waals surface area contributed by atoms with Crippen LogP contribution in [-0.4, -0.2) is 0 Å². The van der Waals surface area contributed by atoms with Gasteiger partial charge in [0.1, 0.15) is 0 Å². The minimum absolute atomic E-state index is 0.266. The molecular formula is C7H3F3O. The van der Waals surface area contributed by atoms with Gasteiger partial charge in [0.25, 0.3) is 0 Å². The van der Waals surface area contributed by atoms with E-state index in [1.807, 2.05) is 5.92 Å². The lowest BCUT2D eigenvalue weighted by Gasteiger charge is -2.01. The molecular weight excluding hydrogens is 157 g/mol. The monoisotopic (exact) mass is 160 g/mol. The molecule has 0 spiro atoms. The van der Waals surface area contributed by atoms with Crippen molar-refractivity contribution in [2.24, 2.45) is 0 Å². The molecule has 0 atom stereocenters. The zero-order valence-corrected chi connectivity index (χ0v) is 5.27. The van der Waals surface area contributed by atoms with Gasteiger partial charge in [-0.1, -0.05) is 5.92 Å². The van der Waals surface area contributed by atoms with Gasteiger partial charge in [-0.15, -0.1) is 6.42 Å². The highest BCUT2D eigenvalue weighted by Gasteiger charge is 2.36. The molecule has 4 heteroatoms. The second kappa shape index (κ2) is 2.35. The van der Waals surface area contributed by atoms with Crippen LogP contribution in [0.15, 0.2) is 16.7 Å². The molecule has 1 aromatic rings. The number of halogens is 3. The molecule has 0 bridgehead atoms. The summed E-state index contributed by atoms with van der Waals surface area (Å²) in [4.78, 5) is 0. The van der Waals surface area contributed by atoms with Gasteiger partial charge >= 0.3 is 6.18 Å². The molecule has 58 valence electrons. The van der Waals surface area contributed by atoms with E-state index in [0.29, 0.717) is 0 Å². The second-order valence-corrected chi connectivity index (χ2v) is 1.81. The van der Waals surface area contributed by atoms with Crippen LogP contribution in [0.3, 0.4) is 0 Å². The van der Waals surface area contributed by atoms with Crippen molar-refractivity contribution in [1.29, 1.82) is 0 Å². The first-order chi connectivity index (χ1) is 5.05. The third-order valence-electron chi connectivity index (χ3n) is 1.08. The number of furan rings is 1. The zero-order chi connectivity index (χ0) is 8.48. The number of terminal acetylenes is 1. The fourth-order valence-corrected chi connectivity index (χ4v) is 0.642. The Morgan fingerprint density at radius 1 is 1.45 bits per heavy atom. The maximum absolute atomic E-state index is 11.9. The van der Waals surface area contributed by atoms with Crippen LogP contribution in [0.2, 0.25) is 0 Å². The Hall–Kier alpha value is -1.37. The van der Waals surface area contributed by atoms with Crippen molar-refractivity contribution < 1.29 is 17.6 Å². The van der Waals surface area contributed by atoms with Crippen LogP contribution >= 0.6 is 0 Å². The Labute approximate surface area is 60.8 Å². The van der Waals surface area contributed by atoms with Crippen molar-refractivity contribution in [3.05, 3.63) is 23.7 Å². The summed E-state index contributed by atoms with van der Waals surface area (Å²) in [5.41, 5.74) is -0.266. The van der Waals surface area contributed by atoms with Gasteiger partial charge < -0.3 is 4.42 Å². The quantitative estimate of drug-likeness (QED) is 0.530. The van der Waals surface area contributed by atoms with Crippen LogP contribution < -0.4 is 0 Å². The molecule has 11 heavy (non-hydrogen) atoms. The maximum atomic E-state index is 11.9. The van der Waals surface area contributed by atoms with Gasteiger partial charge in [0.05, 0.1) is 11.8 Å². The van der Waals surface area contributed by atoms with Crippen LogP contribution in [0.25, 0.3) is 0 Å². The second-order valence-electron chi connectivity index (χ2n) is 1.81. The van der Waals surface area contributed by atoms with Gasteiger partial charge in [-0.2, -0.15) is 13.2 Å². The average molecular weight is 160 g/mol. The van der Waals surface area contributed by atoms with E-state index < -0.39 is 11.9 Å². The van der Waals surface area contributed by atoms with Crippen molar-refractivity contribution in [1.82, 2.24) is 0 Å². The molecule has 0 aromatic carbocycles. The lowest BCUT2D eigenvalue weighted by atomic mass is 10.2. The molecule has 0 radical (unpaired) electrons. The summed E-state index contributed by atoms with van der Waals surface area (Å²) >= 11 is 0. The Balaban J connectivity index is 3.15. The standard InChI is InChI=1S/C7H3F3O/c1-2-5-3-4-11-6(5)7(8,9)10/h1,3-4H. The Morgan fingerprint density at radius 3 is 2.45 bits per heavy atom. The van der Waals surface area contributed by atoms with Crippen LogP contribution in [-0.2, 0) is 6.18 Å². The molecule has 0 saturated heterocycles. The molecule has 0 unspecified atom stereocenters. The lowest BCUT2D eigenvalue weighted by Crippen LogP contribution is -2.04. The first-order valence-electron chi connectivity index (χ1n) is 2.67. The van der Waals surface area contributed by atoms with Crippen LogP contribution in [0.1, 0.15) is 11.3 Å². The van der Waals surface area contributed by atoms with E-state index >= 15 is 0 Å². The molecule has 1 rings (SSSR count). The molecule has 1 aromatic heterocycles. The topological polar surface area (TPSA) is 13.1 Å². The van der Waals surface area contributed by atoms with E-state index in [2.05, 4.69) is 4.42 Å². The van der Waals surface area contributed by atoms with Crippen molar-refractivity contribution in [3.8, 4) is 12.3 Å². The summed E-state index contributed by atoms with van der Waals surface area (Å²) in [6.45, 7) is 0. The number of alkyl halides is 3. The van der Waals surface area contributed by atoms with Gasteiger partial charge in [-0.25, -0.2) is 0 Å². The molecule has 0 saturated carbocycles. The number of hydrogen-bond donors (Lipinski definition) is 0. The van der Waals surface area contributed by atoms with E-state index in [9.17, 15) is 13.2 Å². The normalized spacial score (nSPS) is 11.1. The number of hydrogen-bond acceptors (Lipinski definition) is 1. The Kier molecular flexibility index (Phi) is 1.65. The van der Waals surface area contributed by atoms with Crippen molar-refractivity contribution >= 4 is 0 Å². The fourth-order valence-electron chi connectivity index (χ4n) is 0.642. The predicted molar refractivity (Wildman–Crippen MR) is 31.6 cm³/mol. The van der Waals surface area contributed by atoms with Gasteiger partial charge in [-0.3, -0.25) is 0 Å². The summed E-state index contributed by atoms with van der Waals surface area (Å²) < 4.78 is 39.8. The molecule has 0 aliphatic heterocycles. The van der Waals surface area contributed by atoms with E-state index in [1.165, 1.54) is 0 Å². The summed E-state index contributed by atoms with van der Waals surface area (Å²) in [5, 5.41) is 0. The molecule has 0 aliphatic rings. The fraction of sp³-hybridized carbons (Fsp3) is 0.143. The minimum Gasteiger partial charge on any atom is -0.458 e. The highest BCUT2D eigenvalue weighted by molar-refractivity contribution is 5.35. The van der Waals surface area contributed by atoms with Gasteiger partial charge in [0.2, 0.25) is 5.76 Å². The number of rotatable bonds is 0. The van der Waals surface area contributed by atoms with E-state index in [0.717, 1.165) is 12.3 Å². The Morgan fingerprint density at radius 2 is 2.09 bits per heavy atom. The maximum Gasteiger partial charge on any atom is 0.450 e. The van der Waals surface area contributed by atoms with E-state index in [-0.39, 0.29) is 5.56 Å². The van der Waals surface area contributed by atoms with Crippen molar-refractivity contribution in [3.63, 3.8) is 0 Å². The molecule has 0 aliphatic carbocycles. The van der Waals surface area contributed by atoms with Gasteiger partial charge in [0, 0.05) is 0 Å². The summed E-state index contributed by atoms with van der Waals surface area (Å²) in [7, 11) is 0. The molecule has 0 fully saturated rings. The molecule has 0 amide bonds. The highest BCUT2D eigenvalue weighted by Crippen LogP contribution is 2.31. The van der Waals surface area contributed by atoms with Crippen LogP contribution in [0.4, 0.5) is 13.2 Å². The largest absolute Gasteiger partial charge is 0.458 e. The van der Waals surface area contributed by atoms with Gasteiger partial charge in [0.15, 0.2) is 0 Å². The SMILES string of the molecule is C#Cc1ccoc1C(F)(F)F. The third kappa shape index (κ3) is 1.37. The van der Waals surface area contributed by atoms with Gasteiger partial charge in [-0.05, 0) is 6.07 Å². The predicted octanol–water partition coefficient (Wildman–Crippen LogP) is 2.28. The Bertz CT molecular complexity index is 289. The lowest BCUT2D eigenvalue weighted by molar-refractivity contribution is -0.153. The molecule has 1 heterocycles. The molecule has 0 N–H and O–H groups in total. The average Bonchev–Trinajstić information content (AvgIpc) is 2.31. The van der Waals surface area contributed by atoms with Crippen molar-refractivity contribution in [2.45, 2.75) is 6.18 Å². The third-order valence-corrected chi connectivity index (χ3v) is 1.08. The first kappa shape index (κ1) is 7.73. The zero-order valence-electron chi connectivity index (χ0n) is 5.27. The van der Waals surface area contributed by atoms with Crippen molar-refractivity contribution in [2.75, 3.05) is 0 Å². The summed E-state index contributed by atoms with van der Waals surface area (Å²) in [5.74, 6) is 0.757. The summed E-state index contributed by atoms with van der Waals surface area (Å²) in [6, 6.07) is 1.10.